The number of anilines is 1. The Morgan fingerprint density at radius 1 is 1.18 bits per heavy atom. The first-order valence-corrected chi connectivity index (χ1v) is 14.1. The van der Waals surface area contributed by atoms with Crippen LogP contribution in [0.1, 0.15) is 62.8 Å². The Hall–Kier alpha value is -3.22. The Labute approximate surface area is 226 Å². The van der Waals surface area contributed by atoms with Gasteiger partial charge in [-0.3, -0.25) is 9.69 Å². The number of benzene rings is 1. The highest BCUT2D eigenvalue weighted by Crippen LogP contribution is 2.36. The molecule has 0 bridgehead atoms. The fourth-order valence-electron chi connectivity index (χ4n) is 5.72. The molecule has 5 rings (SSSR count). The molecule has 1 fully saturated rings. The van der Waals surface area contributed by atoms with Crippen LogP contribution in [0, 0.1) is 24.6 Å². The normalized spacial score (nSPS) is 19.2. The van der Waals surface area contributed by atoms with Gasteiger partial charge in [-0.15, -0.1) is 17.3 Å². The van der Waals surface area contributed by atoms with Gasteiger partial charge in [-0.05, 0) is 39.7 Å². The molecular formula is C29H35FN6OS. The van der Waals surface area contributed by atoms with Gasteiger partial charge in [0.2, 0.25) is 0 Å². The summed E-state index contributed by atoms with van der Waals surface area (Å²) in [5, 5.41) is 0.874. The third-order valence-corrected chi connectivity index (χ3v) is 8.87. The van der Waals surface area contributed by atoms with Crippen molar-refractivity contribution in [3.8, 4) is 11.8 Å². The Morgan fingerprint density at radius 3 is 2.66 bits per heavy atom. The van der Waals surface area contributed by atoms with Crippen molar-refractivity contribution in [2.24, 2.45) is 7.05 Å². The van der Waals surface area contributed by atoms with Gasteiger partial charge >= 0.3 is 0 Å². The minimum Gasteiger partial charge on any atom is -0.362 e. The van der Waals surface area contributed by atoms with Crippen molar-refractivity contribution in [1.29, 1.82) is 0 Å². The van der Waals surface area contributed by atoms with E-state index in [1.54, 1.807) is 17.8 Å². The molecule has 7 nitrogen and oxygen atoms in total. The van der Waals surface area contributed by atoms with Crippen molar-refractivity contribution in [3.05, 3.63) is 56.8 Å². The second-order valence-corrected chi connectivity index (χ2v) is 11.3. The van der Waals surface area contributed by atoms with Crippen molar-refractivity contribution >= 4 is 32.9 Å². The Morgan fingerprint density at radius 2 is 1.95 bits per heavy atom. The molecule has 3 aromatic heterocycles. The molecule has 4 aromatic rings. The number of hydrogen-bond acceptors (Lipinski definition) is 6. The van der Waals surface area contributed by atoms with Crippen molar-refractivity contribution in [1.82, 2.24) is 24.1 Å². The molecule has 1 aliphatic heterocycles. The molecule has 38 heavy (non-hydrogen) atoms. The lowest BCUT2D eigenvalue weighted by atomic mass is 9.96. The molecule has 0 radical (unpaired) electrons. The van der Waals surface area contributed by atoms with Crippen LogP contribution >= 0.6 is 11.3 Å². The summed E-state index contributed by atoms with van der Waals surface area (Å²) < 4.78 is 19.7. The number of fused-ring (bicyclic) bond motifs is 2. The quantitative estimate of drug-likeness (QED) is 0.322. The Balaban J connectivity index is 1.52. The minimum atomic E-state index is -0.153. The summed E-state index contributed by atoms with van der Waals surface area (Å²) in [4.78, 5) is 27.1. The third kappa shape index (κ3) is 4.50. The van der Waals surface area contributed by atoms with E-state index in [0.717, 1.165) is 53.5 Å². The summed E-state index contributed by atoms with van der Waals surface area (Å²) in [6.45, 7) is 11.7. The van der Waals surface area contributed by atoms with E-state index in [2.05, 4.69) is 47.4 Å². The number of nitrogens with zero attached hydrogens (tertiary/aromatic N) is 6. The number of imidazole rings is 1. The molecule has 0 saturated carbocycles. The molecule has 3 atom stereocenters. The fourth-order valence-corrected chi connectivity index (χ4v) is 6.59. The molecule has 1 unspecified atom stereocenters. The molecule has 1 aliphatic rings. The summed E-state index contributed by atoms with van der Waals surface area (Å²) in [6.07, 6.45) is 4.25. The van der Waals surface area contributed by atoms with Gasteiger partial charge in [0.1, 0.15) is 5.82 Å². The second kappa shape index (κ2) is 10.5. The topological polar surface area (TPSA) is 58.7 Å². The predicted octanol–water partition coefficient (Wildman–Crippen LogP) is 5.10. The SMILES string of the molecule is CC#CCc1cn2c(n1)c(N1C[C@@H](CC)N(C(C)c3ccc4nc(C)sc4c3F)C[C@@H]1CC)cc(=O)n2C. The lowest BCUT2D eigenvalue weighted by Crippen LogP contribution is -2.59. The average Bonchev–Trinajstić information content (AvgIpc) is 3.52. The van der Waals surface area contributed by atoms with Crippen LogP contribution in [0.4, 0.5) is 10.1 Å². The first kappa shape index (κ1) is 26.4. The molecule has 200 valence electrons. The highest BCUT2D eigenvalue weighted by molar-refractivity contribution is 7.18. The number of thiazole rings is 1. The van der Waals surface area contributed by atoms with E-state index >= 15 is 4.39 Å². The van der Waals surface area contributed by atoms with Crippen LogP contribution < -0.4 is 10.5 Å². The van der Waals surface area contributed by atoms with Crippen molar-refractivity contribution < 1.29 is 4.39 Å². The lowest BCUT2D eigenvalue weighted by Gasteiger charge is -2.49. The smallest absolute Gasteiger partial charge is 0.267 e. The zero-order valence-corrected chi connectivity index (χ0v) is 23.8. The van der Waals surface area contributed by atoms with Gasteiger partial charge in [-0.25, -0.2) is 23.6 Å². The van der Waals surface area contributed by atoms with Gasteiger partial charge in [-0.1, -0.05) is 25.8 Å². The maximum atomic E-state index is 15.7. The average molecular weight is 535 g/mol. The van der Waals surface area contributed by atoms with Crippen LogP contribution in [0.3, 0.4) is 0 Å². The molecule has 1 aromatic carbocycles. The first-order valence-electron chi connectivity index (χ1n) is 13.3. The van der Waals surface area contributed by atoms with Gasteiger partial charge in [0.15, 0.2) is 5.65 Å². The number of rotatable bonds is 6. The van der Waals surface area contributed by atoms with Crippen molar-refractivity contribution in [2.75, 3.05) is 18.0 Å². The van der Waals surface area contributed by atoms with Crippen LogP contribution in [0.2, 0.25) is 0 Å². The van der Waals surface area contributed by atoms with E-state index in [9.17, 15) is 4.79 Å². The highest BCUT2D eigenvalue weighted by Gasteiger charge is 2.37. The van der Waals surface area contributed by atoms with Crippen LogP contribution in [0.25, 0.3) is 15.9 Å². The molecule has 9 heteroatoms. The maximum absolute atomic E-state index is 15.7. The number of hydrogen-bond donors (Lipinski definition) is 0. The number of piperazine rings is 1. The van der Waals surface area contributed by atoms with Crippen molar-refractivity contribution in [3.63, 3.8) is 0 Å². The Bertz CT molecular complexity index is 1610. The largest absolute Gasteiger partial charge is 0.362 e. The van der Waals surface area contributed by atoms with E-state index in [4.69, 9.17) is 4.98 Å². The van der Waals surface area contributed by atoms with Gasteiger partial charge in [0.05, 0.1) is 39.2 Å². The number of aryl methyl sites for hydroxylation is 2. The van der Waals surface area contributed by atoms with E-state index in [-0.39, 0.29) is 29.5 Å². The predicted molar refractivity (Wildman–Crippen MR) is 153 cm³/mol. The summed E-state index contributed by atoms with van der Waals surface area (Å²) in [6, 6.07) is 5.82. The van der Waals surface area contributed by atoms with Gasteiger partial charge < -0.3 is 4.90 Å². The van der Waals surface area contributed by atoms with Crippen LogP contribution in [-0.4, -0.2) is 49.2 Å². The van der Waals surface area contributed by atoms with Gasteiger partial charge in [0.25, 0.3) is 5.56 Å². The highest BCUT2D eigenvalue weighted by atomic mass is 32.1. The lowest BCUT2D eigenvalue weighted by molar-refractivity contribution is 0.0995. The van der Waals surface area contributed by atoms with E-state index < -0.39 is 0 Å². The molecule has 0 aliphatic carbocycles. The van der Waals surface area contributed by atoms with Crippen molar-refractivity contribution in [2.45, 2.75) is 72.0 Å². The summed E-state index contributed by atoms with van der Waals surface area (Å²) in [7, 11) is 1.76. The fraction of sp³-hybridized carbons (Fsp3) is 0.483. The number of halogens is 1. The Kier molecular flexibility index (Phi) is 7.30. The zero-order valence-electron chi connectivity index (χ0n) is 23.0. The standard InChI is InChI=1S/C29H35FN6OS/c1-7-10-11-20-15-36-29(32-20)25(14-26(37)33(36)6)35-17-21(8-2)34(16-22(35)9-3)18(4)23-12-13-24-28(27(23)30)38-19(5)31-24/h12-15,18,21-22H,8-9,11,16-17H2,1-6H3/t18?,21-,22+/m1/s1. The van der Waals surface area contributed by atoms with E-state index in [1.807, 2.05) is 36.7 Å². The van der Waals surface area contributed by atoms with Crippen LogP contribution in [0.15, 0.2) is 29.2 Å². The molecule has 0 amide bonds. The molecule has 0 spiro atoms. The minimum absolute atomic E-state index is 0.0769. The summed E-state index contributed by atoms with van der Waals surface area (Å²) >= 11 is 1.41. The van der Waals surface area contributed by atoms with E-state index in [1.165, 1.54) is 11.3 Å². The first-order chi connectivity index (χ1) is 18.3. The third-order valence-electron chi connectivity index (χ3n) is 7.89. The summed E-state index contributed by atoms with van der Waals surface area (Å²) in [5.74, 6) is 5.85. The second-order valence-electron chi connectivity index (χ2n) is 10.1. The molecule has 0 N–H and O–H groups in total. The van der Waals surface area contributed by atoms with Crippen LogP contribution in [0.5, 0.6) is 0 Å². The van der Waals surface area contributed by atoms with Crippen LogP contribution in [-0.2, 0) is 13.5 Å². The monoisotopic (exact) mass is 534 g/mol. The molecular weight excluding hydrogens is 499 g/mol. The van der Waals surface area contributed by atoms with Gasteiger partial charge in [0, 0.05) is 49.9 Å². The number of aromatic nitrogens is 4. The molecule has 4 heterocycles. The maximum Gasteiger partial charge on any atom is 0.267 e. The zero-order chi connectivity index (χ0) is 27.1. The molecule has 1 saturated heterocycles. The summed E-state index contributed by atoms with van der Waals surface area (Å²) in [5.41, 5.74) is 3.84. The van der Waals surface area contributed by atoms with Gasteiger partial charge in [-0.2, -0.15) is 0 Å². The van der Waals surface area contributed by atoms with E-state index in [0.29, 0.717) is 16.7 Å².